The second-order valence-electron chi connectivity index (χ2n) is 7.38. The molecule has 4 unspecified atom stereocenters. The third-order valence-electron chi connectivity index (χ3n) is 4.66. The second kappa shape index (κ2) is 17.4. The lowest BCUT2D eigenvalue weighted by Crippen LogP contribution is -2.57. The number of thiol groups is 1. The number of primary amides is 1. The van der Waals surface area contributed by atoms with Gasteiger partial charge in [0.15, 0.2) is 0 Å². The summed E-state index contributed by atoms with van der Waals surface area (Å²) in [5.41, 5.74) is 16.4. The first-order chi connectivity index (χ1) is 15.6. The van der Waals surface area contributed by atoms with Crippen LogP contribution < -0.4 is 33.2 Å². The van der Waals surface area contributed by atoms with Gasteiger partial charge in [0.05, 0.1) is 6.04 Å². The zero-order valence-corrected chi connectivity index (χ0v) is 20.5. The van der Waals surface area contributed by atoms with Crippen LogP contribution in [0.1, 0.15) is 38.5 Å². The number of rotatable bonds is 18. The van der Waals surface area contributed by atoms with Crippen LogP contribution in [0.25, 0.3) is 0 Å². The highest BCUT2D eigenvalue weighted by atomic mass is 32.2. The molecule has 0 heterocycles. The van der Waals surface area contributed by atoms with Gasteiger partial charge in [-0.25, -0.2) is 4.79 Å². The minimum absolute atomic E-state index is 0.0413. The van der Waals surface area contributed by atoms with Gasteiger partial charge in [0.2, 0.25) is 23.6 Å². The van der Waals surface area contributed by atoms with E-state index in [-0.39, 0.29) is 25.0 Å². The summed E-state index contributed by atoms with van der Waals surface area (Å²) in [5, 5.41) is 16.7. The fourth-order valence-corrected chi connectivity index (χ4v) is 3.45. The molecule has 14 heteroatoms. The number of nitrogens with one attached hydrogen (secondary N) is 3. The van der Waals surface area contributed by atoms with E-state index in [1.54, 1.807) is 0 Å². The van der Waals surface area contributed by atoms with Crippen LogP contribution in [0.2, 0.25) is 0 Å². The molecule has 0 radical (unpaired) electrons. The van der Waals surface area contributed by atoms with Gasteiger partial charge in [-0.3, -0.25) is 19.2 Å². The third kappa shape index (κ3) is 13.3. The van der Waals surface area contributed by atoms with E-state index in [0.29, 0.717) is 31.6 Å². The molecule has 0 aromatic heterocycles. The summed E-state index contributed by atoms with van der Waals surface area (Å²) < 4.78 is 0. The Kier molecular flexibility index (Phi) is 16.4. The van der Waals surface area contributed by atoms with Gasteiger partial charge in [-0.05, 0) is 50.7 Å². The molecule has 0 aromatic rings. The minimum atomic E-state index is -1.35. The van der Waals surface area contributed by atoms with Crippen molar-refractivity contribution < 1.29 is 29.1 Å². The standard InChI is InChI=1S/C19H36N6O6S2/c1-33-9-7-11(21)16(27)25-14(10-32)18(29)23-12(4-2-3-8-20)17(28)24-13(19(30)31)5-6-15(22)26/h11-14,32H,2-10,20-21H2,1H3,(H2,22,26)(H,23,29)(H,24,28)(H,25,27)(H,30,31). The lowest BCUT2D eigenvalue weighted by Gasteiger charge is -2.24. The normalized spacial score (nSPS) is 14.4. The first-order valence-corrected chi connectivity index (χ1v) is 12.6. The minimum Gasteiger partial charge on any atom is -0.480 e. The van der Waals surface area contributed by atoms with Gasteiger partial charge in [-0.1, -0.05) is 0 Å². The van der Waals surface area contributed by atoms with Gasteiger partial charge < -0.3 is 38.3 Å². The van der Waals surface area contributed by atoms with Crippen molar-refractivity contribution in [2.24, 2.45) is 17.2 Å². The van der Waals surface area contributed by atoms with Crippen molar-refractivity contribution in [2.75, 3.05) is 24.3 Å². The average molecular weight is 509 g/mol. The third-order valence-corrected chi connectivity index (χ3v) is 5.67. The molecule has 0 aliphatic heterocycles. The molecule has 4 amide bonds. The van der Waals surface area contributed by atoms with Crippen LogP contribution in [0.3, 0.4) is 0 Å². The van der Waals surface area contributed by atoms with Crippen molar-refractivity contribution >= 4 is 54.0 Å². The Morgan fingerprint density at radius 1 is 0.909 bits per heavy atom. The highest BCUT2D eigenvalue weighted by Gasteiger charge is 2.29. The van der Waals surface area contributed by atoms with Crippen LogP contribution in [0, 0.1) is 0 Å². The summed E-state index contributed by atoms with van der Waals surface area (Å²) in [7, 11) is 0. The van der Waals surface area contributed by atoms with Gasteiger partial charge in [-0.2, -0.15) is 24.4 Å². The lowest BCUT2D eigenvalue weighted by atomic mass is 10.1. The SMILES string of the molecule is CSCCC(N)C(=O)NC(CS)C(=O)NC(CCCCN)C(=O)NC(CCC(N)=O)C(=O)O. The number of nitrogens with two attached hydrogens (primary N) is 3. The van der Waals surface area contributed by atoms with E-state index in [1.165, 1.54) is 11.8 Å². The summed E-state index contributed by atoms with van der Waals surface area (Å²) in [6.45, 7) is 0.377. The van der Waals surface area contributed by atoms with Gasteiger partial charge in [-0.15, -0.1) is 0 Å². The molecule has 0 rings (SSSR count). The fourth-order valence-electron chi connectivity index (χ4n) is 2.70. The van der Waals surface area contributed by atoms with E-state index in [4.69, 9.17) is 17.2 Å². The second-order valence-corrected chi connectivity index (χ2v) is 8.73. The number of unbranched alkanes of at least 4 members (excludes halogenated alkanes) is 1. The summed E-state index contributed by atoms with van der Waals surface area (Å²) in [6, 6.07) is -4.27. The Labute approximate surface area is 203 Å². The molecular weight excluding hydrogens is 472 g/mol. The van der Waals surface area contributed by atoms with Crippen LogP contribution in [0.15, 0.2) is 0 Å². The summed E-state index contributed by atoms with van der Waals surface area (Å²) in [5.74, 6) is -3.32. The van der Waals surface area contributed by atoms with Crippen molar-refractivity contribution in [2.45, 2.75) is 62.7 Å². The number of hydrogen-bond donors (Lipinski definition) is 8. The molecule has 4 atom stereocenters. The van der Waals surface area contributed by atoms with Crippen molar-refractivity contribution in [1.82, 2.24) is 16.0 Å². The number of carboxylic acids is 1. The van der Waals surface area contributed by atoms with Crippen molar-refractivity contribution in [3.63, 3.8) is 0 Å². The number of carbonyl (C=O) groups is 5. The van der Waals surface area contributed by atoms with Crippen LogP contribution in [0.5, 0.6) is 0 Å². The molecule has 190 valence electrons. The smallest absolute Gasteiger partial charge is 0.326 e. The number of carboxylic acid groups (broad SMARTS) is 1. The highest BCUT2D eigenvalue weighted by Crippen LogP contribution is 2.06. The van der Waals surface area contributed by atoms with E-state index in [2.05, 4.69) is 28.6 Å². The summed E-state index contributed by atoms with van der Waals surface area (Å²) in [4.78, 5) is 60.1. The summed E-state index contributed by atoms with van der Waals surface area (Å²) >= 11 is 5.63. The number of hydrogen-bond acceptors (Lipinski definition) is 9. The van der Waals surface area contributed by atoms with Crippen molar-refractivity contribution in [3.8, 4) is 0 Å². The van der Waals surface area contributed by atoms with E-state index in [0.717, 1.165) is 0 Å². The molecule has 33 heavy (non-hydrogen) atoms. The maximum Gasteiger partial charge on any atom is 0.326 e. The Balaban J connectivity index is 5.24. The maximum absolute atomic E-state index is 12.7. The largest absolute Gasteiger partial charge is 0.480 e. The van der Waals surface area contributed by atoms with E-state index in [9.17, 15) is 29.1 Å². The zero-order valence-electron chi connectivity index (χ0n) is 18.7. The van der Waals surface area contributed by atoms with Gasteiger partial charge in [0, 0.05) is 12.2 Å². The van der Waals surface area contributed by atoms with Crippen LogP contribution in [-0.2, 0) is 24.0 Å². The topological polar surface area (TPSA) is 220 Å². The Morgan fingerprint density at radius 3 is 2.00 bits per heavy atom. The van der Waals surface area contributed by atoms with E-state index < -0.39 is 53.8 Å². The predicted octanol–water partition coefficient (Wildman–Crippen LogP) is -2.07. The molecule has 0 bridgehead atoms. The van der Waals surface area contributed by atoms with Crippen LogP contribution >= 0.6 is 24.4 Å². The van der Waals surface area contributed by atoms with Crippen molar-refractivity contribution in [1.29, 1.82) is 0 Å². The van der Waals surface area contributed by atoms with Crippen LogP contribution in [0.4, 0.5) is 0 Å². The highest BCUT2D eigenvalue weighted by molar-refractivity contribution is 7.98. The first-order valence-electron chi connectivity index (χ1n) is 10.5. The summed E-state index contributed by atoms with van der Waals surface area (Å²) in [6.07, 6.45) is 3.16. The molecule has 0 saturated carbocycles. The zero-order chi connectivity index (χ0) is 25.4. The number of carbonyl (C=O) groups excluding carboxylic acids is 4. The number of aliphatic carboxylic acids is 1. The quantitative estimate of drug-likeness (QED) is 0.0751. The van der Waals surface area contributed by atoms with Crippen LogP contribution in [-0.4, -0.2) is 83.2 Å². The van der Waals surface area contributed by atoms with Gasteiger partial charge >= 0.3 is 5.97 Å². The Hall–Kier alpha value is -2.03. The molecule has 0 aliphatic carbocycles. The molecule has 0 spiro atoms. The average Bonchev–Trinajstić information content (AvgIpc) is 2.76. The molecule has 10 N–H and O–H groups in total. The molecular formula is C19H36N6O6S2. The molecule has 0 aliphatic rings. The Morgan fingerprint density at radius 2 is 1.48 bits per heavy atom. The Bertz CT molecular complexity index is 669. The molecule has 0 aromatic carbocycles. The van der Waals surface area contributed by atoms with E-state index >= 15 is 0 Å². The first kappa shape index (κ1) is 31.0. The van der Waals surface area contributed by atoms with Gasteiger partial charge in [0.1, 0.15) is 18.1 Å². The van der Waals surface area contributed by atoms with Crippen molar-refractivity contribution in [3.05, 3.63) is 0 Å². The fraction of sp³-hybridized carbons (Fsp3) is 0.737. The number of amides is 4. The molecule has 12 nitrogen and oxygen atoms in total. The van der Waals surface area contributed by atoms with E-state index in [1.807, 2.05) is 6.26 Å². The number of thioether (sulfide) groups is 1. The molecule has 0 saturated heterocycles. The maximum atomic E-state index is 12.7. The monoisotopic (exact) mass is 508 g/mol. The molecule has 0 fully saturated rings. The predicted molar refractivity (Wildman–Crippen MR) is 130 cm³/mol. The van der Waals surface area contributed by atoms with Gasteiger partial charge in [0.25, 0.3) is 0 Å². The lowest BCUT2D eigenvalue weighted by molar-refractivity contribution is -0.142.